The highest BCUT2D eigenvalue weighted by Gasteiger charge is 2.36. The zero-order chi connectivity index (χ0) is 28.5. The van der Waals surface area contributed by atoms with Crippen LogP contribution in [0.5, 0.6) is 5.75 Å². The fraction of sp³-hybridized carbons (Fsp3) is 0.357. The molecule has 2 unspecified atom stereocenters. The molecular weight excluding hydrogens is 488 g/mol. The summed E-state index contributed by atoms with van der Waals surface area (Å²) in [7, 11) is 0. The molecule has 2 aromatic rings. The molecule has 0 heterocycles. The van der Waals surface area contributed by atoms with Crippen LogP contribution in [0.1, 0.15) is 49.9 Å². The van der Waals surface area contributed by atoms with E-state index in [9.17, 15) is 24.3 Å². The van der Waals surface area contributed by atoms with Gasteiger partial charge in [-0.1, -0.05) is 42.5 Å². The predicted molar refractivity (Wildman–Crippen MR) is 143 cm³/mol. The summed E-state index contributed by atoms with van der Waals surface area (Å²) in [5.74, 6) is -2.05. The SMILES string of the molecule is C=CCN(C(=O)C(CC(N)=O)NC(=O)OC(C)(C)C)C(C(=O)NCc1ccccc1)c1ccc(O)c(C)c1. The van der Waals surface area contributed by atoms with Crippen LogP contribution in [0.15, 0.2) is 61.2 Å². The van der Waals surface area contributed by atoms with E-state index in [4.69, 9.17) is 10.5 Å². The first-order valence-corrected chi connectivity index (χ1v) is 12.1. The number of phenols is 1. The van der Waals surface area contributed by atoms with Crippen molar-refractivity contribution in [1.29, 1.82) is 0 Å². The van der Waals surface area contributed by atoms with Gasteiger partial charge in [0, 0.05) is 13.1 Å². The molecule has 0 radical (unpaired) electrons. The van der Waals surface area contributed by atoms with Crippen LogP contribution in [0.25, 0.3) is 0 Å². The van der Waals surface area contributed by atoms with Crippen molar-refractivity contribution in [2.45, 2.75) is 58.3 Å². The minimum absolute atomic E-state index is 0.0250. The van der Waals surface area contributed by atoms with Crippen LogP contribution < -0.4 is 16.4 Å². The van der Waals surface area contributed by atoms with E-state index >= 15 is 0 Å². The Balaban J connectivity index is 2.47. The molecular formula is C28H36N4O6. The Hall–Kier alpha value is -4.34. The summed E-state index contributed by atoms with van der Waals surface area (Å²) in [6, 6.07) is 11.2. The van der Waals surface area contributed by atoms with Crippen LogP contribution in [-0.2, 0) is 25.7 Å². The number of carbonyl (C=O) groups excluding carboxylic acids is 4. The molecule has 4 amide bonds. The lowest BCUT2D eigenvalue weighted by molar-refractivity contribution is -0.142. The van der Waals surface area contributed by atoms with Gasteiger partial charge in [0.1, 0.15) is 23.4 Å². The molecule has 0 spiro atoms. The van der Waals surface area contributed by atoms with Gasteiger partial charge in [0.05, 0.1) is 6.42 Å². The molecule has 0 saturated carbocycles. The van der Waals surface area contributed by atoms with E-state index < -0.39 is 47.9 Å². The fourth-order valence-electron chi connectivity index (χ4n) is 3.72. The number of amides is 4. The number of hydrogen-bond acceptors (Lipinski definition) is 6. The van der Waals surface area contributed by atoms with Gasteiger partial charge in [0.25, 0.3) is 0 Å². The molecule has 204 valence electrons. The van der Waals surface area contributed by atoms with Crippen LogP contribution in [0.4, 0.5) is 4.79 Å². The topological polar surface area (TPSA) is 151 Å². The van der Waals surface area contributed by atoms with Gasteiger partial charge >= 0.3 is 6.09 Å². The summed E-state index contributed by atoms with van der Waals surface area (Å²) < 4.78 is 5.25. The number of nitrogens with two attached hydrogens (primary N) is 1. The summed E-state index contributed by atoms with van der Waals surface area (Å²) in [5.41, 5.74) is 6.28. The van der Waals surface area contributed by atoms with Crippen molar-refractivity contribution in [3.05, 3.63) is 77.9 Å². The molecule has 10 heteroatoms. The third-order valence-corrected chi connectivity index (χ3v) is 5.41. The van der Waals surface area contributed by atoms with Crippen molar-refractivity contribution < 1.29 is 29.0 Å². The molecule has 2 atom stereocenters. The van der Waals surface area contributed by atoms with Gasteiger partial charge in [-0.3, -0.25) is 14.4 Å². The fourth-order valence-corrected chi connectivity index (χ4v) is 3.72. The lowest BCUT2D eigenvalue weighted by Crippen LogP contribution is -2.54. The number of phenolic OH excluding ortho intramolecular Hbond substituents is 1. The lowest BCUT2D eigenvalue weighted by Gasteiger charge is -2.33. The second kappa shape index (κ2) is 13.3. The van der Waals surface area contributed by atoms with E-state index in [1.165, 1.54) is 23.1 Å². The highest BCUT2D eigenvalue weighted by atomic mass is 16.6. The van der Waals surface area contributed by atoms with Crippen LogP contribution in [0.2, 0.25) is 0 Å². The third-order valence-electron chi connectivity index (χ3n) is 5.41. The van der Waals surface area contributed by atoms with E-state index in [1.54, 1.807) is 33.8 Å². The molecule has 10 nitrogen and oxygen atoms in total. The minimum atomic E-state index is -1.40. The number of primary amides is 1. The number of ether oxygens (including phenoxy) is 1. The average Bonchev–Trinajstić information content (AvgIpc) is 2.83. The number of hydrogen-bond donors (Lipinski definition) is 4. The number of nitrogens with zero attached hydrogens (tertiary/aromatic N) is 1. The van der Waals surface area contributed by atoms with Gasteiger partial charge in [0.15, 0.2) is 0 Å². The van der Waals surface area contributed by atoms with Crippen molar-refractivity contribution >= 4 is 23.8 Å². The van der Waals surface area contributed by atoms with Gasteiger partial charge in [-0.2, -0.15) is 0 Å². The van der Waals surface area contributed by atoms with Crippen LogP contribution >= 0.6 is 0 Å². The number of aryl methyl sites for hydroxylation is 1. The Morgan fingerprint density at radius 3 is 2.34 bits per heavy atom. The van der Waals surface area contributed by atoms with E-state index in [0.29, 0.717) is 11.1 Å². The normalized spacial score (nSPS) is 12.5. The number of benzene rings is 2. The zero-order valence-electron chi connectivity index (χ0n) is 22.2. The highest BCUT2D eigenvalue weighted by molar-refractivity contribution is 5.94. The maximum atomic E-state index is 13.8. The highest BCUT2D eigenvalue weighted by Crippen LogP contribution is 2.27. The zero-order valence-corrected chi connectivity index (χ0v) is 22.2. The quantitative estimate of drug-likeness (QED) is 0.332. The van der Waals surface area contributed by atoms with Crippen LogP contribution in [-0.4, -0.2) is 52.0 Å². The Labute approximate surface area is 222 Å². The second-order valence-electron chi connectivity index (χ2n) is 9.80. The summed E-state index contributed by atoms with van der Waals surface area (Å²) in [5, 5.41) is 15.3. The van der Waals surface area contributed by atoms with Gasteiger partial charge in [0.2, 0.25) is 17.7 Å². The number of carbonyl (C=O) groups is 4. The predicted octanol–water partition coefficient (Wildman–Crippen LogP) is 2.84. The monoisotopic (exact) mass is 524 g/mol. The maximum Gasteiger partial charge on any atom is 0.408 e. The van der Waals surface area contributed by atoms with Crippen molar-refractivity contribution in [2.75, 3.05) is 6.54 Å². The van der Waals surface area contributed by atoms with Crippen molar-refractivity contribution in [2.24, 2.45) is 5.73 Å². The maximum absolute atomic E-state index is 13.8. The van der Waals surface area contributed by atoms with Crippen LogP contribution in [0.3, 0.4) is 0 Å². The first-order chi connectivity index (χ1) is 17.8. The second-order valence-corrected chi connectivity index (χ2v) is 9.80. The standard InChI is InChI=1S/C28H36N4O6/c1-6-14-32(26(36)21(16-23(29)34)31-27(37)38-28(3,4)5)24(20-12-13-22(33)18(2)15-20)25(35)30-17-19-10-8-7-9-11-19/h6-13,15,21,24,33H,1,14,16-17H2,2-5H3,(H2,29,34)(H,30,35)(H,31,37). The Kier molecular flexibility index (Phi) is 10.4. The molecule has 2 aromatic carbocycles. The first-order valence-electron chi connectivity index (χ1n) is 12.1. The number of aromatic hydroxyl groups is 1. The van der Waals surface area contributed by atoms with Crippen LogP contribution in [0, 0.1) is 6.92 Å². The molecule has 0 aliphatic carbocycles. The summed E-state index contributed by atoms with van der Waals surface area (Å²) in [6.45, 7) is 10.4. The molecule has 0 aromatic heterocycles. The summed E-state index contributed by atoms with van der Waals surface area (Å²) >= 11 is 0. The third kappa shape index (κ3) is 8.95. The van der Waals surface area contributed by atoms with Crippen molar-refractivity contribution in [1.82, 2.24) is 15.5 Å². The van der Waals surface area contributed by atoms with E-state index in [0.717, 1.165) is 5.56 Å². The van der Waals surface area contributed by atoms with Gasteiger partial charge in [-0.25, -0.2) is 4.79 Å². The molecule has 0 aliphatic heterocycles. The molecule has 0 fully saturated rings. The average molecular weight is 525 g/mol. The summed E-state index contributed by atoms with van der Waals surface area (Å²) in [6.07, 6.45) is -0.00272. The molecule has 2 rings (SSSR count). The minimum Gasteiger partial charge on any atom is -0.508 e. The smallest absolute Gasteiger partial charge is 0.408 e. The Morgan fingerprint density at radius 2 is 1.79 bits per heavy atom. The van der Waals surface area contributed by atoms with Crippen molar-refractivity contribution in [3.63, 3.8) is 0 Å². The summed E-state index contributed by atoms with van der Waals surface area (Å²) in [4.78, 5) is 52.8. The number of alkyl carbamates (subject to hydrolysis) is 1. The largest absolute Gasteiger partial charge is 0.508 e. The van der Waals surface area contributed by atoms with Gasteiger partial charge in [-0.15, -0.1) is 6.58 Å². The molecule has 0 aliphatic rings. The van der Waals surface area contributed by atoms with Crippen molar-refractivity contribution in [3.8, 4) is 5.75 Å². The Bertz CT molecular complexity index is 1160. The number of nitrogens with one attached hydrogen (secondary N) is 2. The van der Waals surface area contributed by atoms with E-state index in [2.05, 4.69) is 17.2 Å². The molecule has 38 heavy (non-hydrogen) atoms. The first kappa shape index (κ1) is 29.9. The van der Waals surface area contributed by atoms with Gasteiger partial charge in [-0.05, 0) is 56.5 Å². The molecule has 5 N–H and O–H groups in total. The molecule has 0 bridgehead atoms. The molecule has 0 saturated heterocycles. The van der Waals surface area contributed by atoms with E-state index in [1.807, 2.05) is 30.3 Å². The lowest BCUT2D eigenvalue weighted by atomic mass is 9.99. The van der Waals surface area contributed by atoms with E-state index in [-0.39, 0.29) is 18.8 Å². The number of rotatable bonds is 11. The van der Waals surface area contributed by atoms with Gasteiger partial charge < -0.3 is 31.1 Å². The Morgan fingerprint density at radius 1 is 1.13 bits per heavy atom.